The van der Waals surface area contributed by atoms with E-state index < -0.39 is 27.9 Å². The van der Waals surface area contributed by atoms with Gasteiger partial charge in [-0.25, -0.2) is 17.5 Å². The van der Waals surface area contributed by atoms with Crippen LogP contribution in [-0.2, 0) is 10.0 Å². The molecule has 2 rings (SSSR count). The summed E-state index contributed by atoms with van der Waals surface area (Å²) in [7, 11) is -2.37. The number of halogens is 1. The van der Waals surface area contributed by atoms with Crippen LogP contribution in [0.3, 0.4) is 0 Å². The summed E-state index contributed by atoms with van der Waals surface area (Å²) in [5, 5.41) is 12.5. The molecular formula is C16H17FN2O4S. The molecule has 0 heterocycles. The van der Waals surface area contributed by atoms with E-state index in [4.69, 9.17) is 0 Å². The predicted octanol–water partition coefficient (Wildman–Crippen LogP) is 1.20. The molecule has 0 aliphatic carbocycles. The SMILES string of the molecule is CNS(=O)(=O)c1cccc(C(=O)NCC(O)c2ccc(F)cc2)c1. The summed E-state index contributed by atoms with van der Waals surface area (Å²) in [5.41, 5.74) is 0.612. The molecule has 0 aliphatic heterocycles. The summed E-state index contributed by atoms with van der Waals surface area (Å²) in [6.45, 7) is -0.0898. The fraction of sp³-hybridized carbons (Fsp3) is 0.188. The van der Waals surface area contributed by atoms with Gasteiger partial charge >= 0.3 is 0 Å². The van der Waals surface area contributed by atoms with Crippen molar-refractivity contribution >= 4 is 15.9 Å². The Bertz CT molecular complexity index is 822. The van der Waals surface area contributed by atoms with Crippen LogP contribution in [0.2, 0.25) is 0 Å². The number of carbonyl (C=O) groups is 1. The third-order valence-corrected chi connectivity index (χ3v) is 4.80. The first-order valence-corrected chi connectivity index (χ1v) is 8.57. The van der Waals surface area contributed by atoms with Crippen molar-refractivity contribution in [3.8, 4) is 0 Å². The molecule has 3 N–H and O–H groups in total. The monoisotopic (exact) mass is 352 g/mol. The topological polar surface area (TPSA) is 95.5 Å². The lowest BCUT2D eigenvalue weighted by atomic mass is 10.1. The van der Waals surface area contributed by atoms with Gasteiger partial charge in [-0.2, -0.15) is 0 Å². The smallest absolute Gasteiger partial charge is 0.251 e. The minimum absolute atomic E-state index is 0.0308. The lowest BCUT2D eigenvalue weighted by molar-refractivity contribution is 0.0916. The fourth-order valence-corrected chi connectivity index (χ4v) is 2.79. The Labute approximate surface area is 139 Å². The van der Waals surface area contributed by atoms with Crippen molar-refractivity contribution in [1.82, 2.24) is 10.0 Å². The number of carbonyl (C=O) groups excluding carboxylic acids is 1. The van der Waals surface area contributed by atoms with E-state index in [1.54, 1.807) is 0 Å². The van der Waals surface area contributed by atoms with Crippen LogP contribution in [0.25, 0.3) is 0 Å². The van der Waals surface area contributed by atoms with E-state index in [1.165, 1.54) is 55.6 Å². The fourth-order valence-electron chi connectivity index (χ4n) is 2.02. The number of benzene rings is 2. The molecule has 1 atom stereocenters. The average molecular weight is 352 g/mol. The van der Waals surface area contributed by atoms with E-state index in [0.29, 0.717) is 5.56 Å². The molecule has 24 heavy (non-hydrogen) atoms. The Morgan fingerprint density at radius 3 is 2.50 bits per heavy atom. The second kappa shape index (κ2) is 7.52. The van der Waals surface area contributed by atoms with Crippen molar-refractivity contribution in [3.05, 3.63) is 65.5 Å². The molecule has 0 aromatic heterocycles. The van der Waals surface area contributed by atoms with Crippen molar-refractivity contribution in [2.45, 2.75) is 11.0 Å². The summed E-state index contributed by atoms with van der Waals surface area (Å²) < 4.78 is 38.5. The molecule has 0 spiro atoms. The van der Waals surface area contributed by atoms with Crippen molar-refractivity contribution < 1.29 is 22.7 Å². The van der Waals surface area contributed by atoms with Crippen molar-refractivity contribution in [3.63, 3.8) is 0 Å². The van der Waals surface area contributed by atoms with Gasteiger partial charge in [0.1, 0.15) is 5.82 Å². The van der Waals surface area contributed by atoms with E-state index >= 15 is 0 Å². The standard InChI is InChI=1S/C16H17FN2O4S/c1-18-24(22,23)14-4-2-3-12(9-14)16(21)19-10-15(20)11-5-7-13(17)8-6-11/h2-9,15,18,20H,10H2,1H3,(H,19,21). The molecule has 2 aromatic rings. The lowest BCUT2D eigenvalue weighted by Gasteiger charge is -2.12. The Morgan fingerprint density at radius 2 is 1.88 bits per heavy atom. The van der Waals surface area contributed by atoms with Gasteiger partial charge in [-0.15, -0.1) is 0 Å². The van der Waals surface area contributed by atoms with Crippen LogP contribution in [0.15, 0.2) is 53.4 Å². The maximum atomic E-state index is 12.8. The van der Waals surface area contributed by atoms with Crippen molar-refractivity contribution in [2.24, 2.45) is 0 Å². The van der Waals surface area contributed by atoms with E-state index in [1.807, 2.05) is 0 Å². The zero-order chi connectivity index (χ0) is 17.7. The van der Waals surface area contributed by atoms with Gasteiger partial charge in [0.05, 0.1) is 11.0 Å². The second-order valence-electron chi connectivity index (χ2n) is 5.01. The highest BCUT2D eigenvalue weighted by molar-refractivity contribution is 7.89. The molecule has 1 unspecified atom stereocenters. The Kier molecular flexibility index (Phi) is 5.66. The maximum absolute atomic E-state index is 12.8. The van der Waals surface area contributed by atoms with Crippen LogP contribution >= 0.6 is 0 Å². The van der Waals surface area contributed by atoms with Gasteiger partial charge in [0.2, 0.25) is 10.0 Å². The molecule has 0 aliphatic rings. The lowest BCUT2D eigenvalue weighted by Crippen LogP contribution is -2.28. The predicted molar refractivity (Wildman–Crippen MR) is 86.4 cm³/mol. The molecule has 1 amide bonds. The van der Waals surface area contributed by atoms with E-state index in [-0.39, 0.29) is 17.0 Å². The summed E-state index contributed by atoms with van der Waals surface area (Å²) in [4.78, 5) is 12.1. The summed E-state index contributed by atoms with van der Waals surface area (Å²) in [5.74, 6) is -0.943. The molecule has 0 saturated heterocycles. The van der Waals surface area contributed by atoms with Gasteiger partial charge in [0, 0.05) is 12.1 Å². The molecular weight excluding hydrogens is 335 g/mol. The van der Waals surface area contributed by atoms with Crippen LogP contribution in [-0.4, -0.2) is 33.0 Å². The molecule has 2 aromatic carbocycles. The number of hydrogen-bond acceptors (Lipinski definition) is 4. The first-order valence-electron chi connectivity index (χ1n) is 7.09. The Hall–Kier alpha value is -2.29. The number of hydrogen-bond donors (Lipinski definition) is 3. The third-order valence-electron chi connectivity index (χ3n) is 3.39. The van der Waals surface area contributed by atoms with Crippen LogP contribution in [0.5, 0.6) is 0 Å². The van der Waals surface area contributed by atoms with Gasteiger partial charge in [-0.05, 0) is 42.9 Å². The normalized spacial score (nSPS) is 12.6. The van der Waals surface area contributed by atoms with Crippen LogP contribution < -0.4 is 10.0 Å². The number of amides is 1. The highest BCUT2D eigenvalue weighted by atomic mass is 32.2. The van der Waals surface area contributed by atoms with Gasteiger partial charge in [0.25, 0.3) is 5.91 Å². The summed E-state index contributed by atoms with van der Waals surface area (Å²) >= 11 is 0. The second-order valence-corrected chi connectivity index (χ2v) is 6.90. The van der Waals surface area contributed by atoms with E-state index in [0.717, 1.165) is 0 Å². The summed E-state index contributed by atoms with van der Waals surface area (Å²) in [6, 6.07) is 10.8. The number of aliphatic hydroxyl groups is 1. The minimum atomic E-state index is -3.65. The highest BCUT2D eigenvalue weighted by Crippen LogP contribution is 2.14. The highest BCUT2D eigenvalue weighted by Gasteiger charge is 2.15. The zero-order valence-corrected chi connectivity index (χ0v) is 13.7. The number of nitrogens with one attached hydrogen (secondary N) is 2. The first-order chi connectivity index (χ1) is 11.3. The van der Waals surface area contributed by atoms with Gasteiger partial charge in [0.15, 0.2) is 0 Å². The van der Waals surface area contributed by atoms with Gasteiger partial charge in [-0.3, -0.25) is 4.79 Å². The third kappa shape index (κ3) is 4.38. The molecule has 128 valence electrons. The molecule has 0 radical (unpaired) electrons. The minimum Gasteiger partial charge on any atom is -0.387 e. The quantitative estimate of drug-likeness (QED) is 0.728. The van der Waals surface area contributed by atoms with Crippen LogP contribution in [0, 0.1) is 5.82 Å². The summed E-state index contributed by atoms with van der Waals surface area (Å²) in [6.07, 6.45) is -1.00. The zero-order valence-electron chi connectivity index (χ0n) is 12.9. The molecule has 0 fully saturated rings. The van der Waals surface area contributed by atoms with Gasteiger partial charge < -0.3 is 10.4 Å². The van der Waals surface area contributed by atoms with Crippen LogP contribution in [0.4, 0.5) is 4.39 Å². The first kappa shape index (κ1) is 18.1. The van der Waals surface area contributed by atoms with Crippen molar-refractivity contribution in [2.75, 3.05) is 13.6 Å². The van der Waals surface area contributed by atoms with E-state index in [2.05, 4.69) is 10.0 Å². The molecule has 0 saturated carbocycles. The maximum Gasteiger partial charge on any atom is 0.251 e. The van der Waals surface area contributed by atoms with E-state index in [9.17, 15) is 22.7 Å². The average Bonchev–Trinajstić information content (AvgIpc) is 2.60. The number of sulfonamides is 1. The molecule has 8 heteroatoms. The molecule has 6 nitrogen and oxygen atoms in total. The largest absolute Gasteiger partial charge is 0.387 e. The number of aliphatic hydroxyl groups excluding tert-OH is 1. The molecule has 0 bridgehead atoms. The Morgan fingerprint density at radius 1 is 1.21 bits per heavy atom. The number of rotatable bonds is 6. The Balaban J connectivity index is 2.05. The van der Waals surface area contributed by atoms with Gasteiger partial charge in [-0.1, -0.05) is 18.2 Å². The van der Waals surface area contributed by atoms with Crippen LogP contribution in [0.1, 0.15) is 22.0 Å². The van der Waals surface area contributed by atoms with Crippen molar-refractivity contribution in [1.29, 1.82) is 0 Å².